The molecule has 0 aliphatic rings. The summed E-state index contributed by atoms with van der Waals surface area (Å²) in [5, 5.41) is 4.79. The van der Waals surface area contributed by atoms with E-state index in [1.807, 2.05) is 19.1 Å². The first-order valence-electron chi connectivity index (χ1n) is 6.18. The van der Waals surface area contributed by atoms with Crippen molar-refractivity contribution in [3.8, 4) is 0 Å². The molecule has 2 aromatic heterocycles. The van der Waals surface area contributed by atoms with Gasteiger partial charge < -0.3 is 5.73 Å². The van der Waals surface area contributed by atoms with Crippen molar-refractivity contribution in [3.05, 3.63) is 34.6 Å². The number of halogens is 1. The van der Waals surface area contributed by atoms with E-state index >= 15 is 0 Å². The molecule has 0 aliphatic carbocycles. The maximum atomic E-state index is 12.5. The fourth-order valence-corrected chi connectivity index (χ4v) is 4.81. The van der Waals surface area contributed by atoms with Gasteiger partial charge in [-0.25, -0.2) is 4.98 Å². The summed E-state index contributed by atoms with van der Waals surface area (Å²) in [5.74, 6) is 0.297. The minimum Gasteiger partial charge on any atom is -0.399 e. The van der Waals surface area contributed by atoms with Crippen molar-refractivity contribution in [2.75, 3.05) is 5.73 Å². The zero-order valence-electron chi connectivity index (χ0n) is 11.5. The van der Waals surface area contributed by atoms with Crippen molar-refractivity contribution in [3.63, 3.8) is 0 Å². The predicted molar refractivity (Wildman–Crippen MR) is 87.1 cm³/mol. The number of anilines is 1. The van der Waals surface area contributed by atoms with Gasteiger partial charge in [0.05, 0.1) is 43.2 Å². The number of aryl methyl sites for hydroxylation is 2. The molecule has 3 aromatic rings. The molecule has 3 rings (SSSR count). The molecule has 5 nitrogen and oxygen atoms in total. The van der Waals surface area contributed by atoms with Gasteiger partial charge in [-0.2, -0.15) is 5.10 Å². The summed E-state index contributed by atoms with van der Waals surface area (Å²) < 4.78 is 15.7. The first-order valence-corrected chi connectivity index (χ1v) is 8.69. The van der Waals surface area contributed by atoms with Crippen LogP contribution in [0.15, 0.2) is 22.5 Å². The van der Waals surface area contributed by atoms with Crippen molar-refractivity contribution in [2.24, 2.45) is 7.05 Å². The summed E-state index contributed by atoms with van der Waals surface area (Å²) in [7, 11) is 0.537. The Kier molecular flexibility index (Phi) is 3.73. The van der Waals surface area contributed by atoms with Crippen molar-refractivity contribution < 1.29 is 4.21 Å². The molecule has 0 saturated carbocycles. The van der Waals surface area contributed by atoms with Crippen LogP contribution in [0, 0.1) is 6.92 Å². The highest BCUT2D eigenvalue weighted by molar-refractivity contribution is 7.86. The molecular weight excluding hydrogens is 328 g/mol. The molecule has 0 bridgehead atoms. The van der Waals surface area contributed by atoms with Crippen LogP contribution in [0.3, 0.4) is 0 Å². The second-order valence-corrected chi connectivity index (χ2v) is 7.70. The molecule has 1 aromatic carbocycles. The molecule has 2 heterocycles. The van der Waals surface area contributed by atoms with Gasteiger partial charge in [0.1, 0.15) is 0 Å². The molecule has 1 atom stereocenters. The van der Waals surface area contributed by atoms with Crippen molar-refractivity contribution >= 4 is 49.6 Å². The Hall–Kier alpha value is -1.44. The average Bonchev–Trinajstić information content (AvgIpc) is 2.95. The number of nitrogens with zero attached hydrogens (tertiary/aromatic N) is 3. The van der Waals surface area contributed by atoms with Gasteiger partial charge in [-0.05, 0) is 25.1 Å². The van der Waals surface area contributed by atoms with Gasteiger partial charge >= 0.3 is 0 Å². The Morgan fingerprint density at radius 1 is 1.48 bits per heavy atom. The van der Waals surface area contributed by atoms with E-state index in [0.29, 0.717) is 20.8 Å². The number of fused-ring (bicyclic) bond motifs is 1. The van der Waals surface area contributed by atoms with Crippen LogP contribution in [0.2, 0.25) is 5.02 Å². The summed E-state index contributed by atoms with van der Waals surface area (Å²) >= 11 is 7.59. The number of rotatable bonds is 3. The SMILES string of the molecule is Cc1nn(C)c(CS(=O)c2nc3ccc(N)cc3s2)c1Cl. The maximum absolute atomic E-state index is 12.5. The van der Waals surface area contributed by atoms with Gasteiger partial charge in [0.2, 0.25) is 0 Å². The smallest absolute Gasteiger partial charge is 0.182 e. The largest absolute Gasteiger partial charge is 0.399 e. The molecule has 21 heavy (non-hydrogen) atoms. The first kappa shape index (κ1) is 14.5. The summed E-state index contributed by atoms with van der Waals surface area (Å²) in [4.78, 5) is 4.41. The molecule has 2 N–H and O–H groups in total. The maximum Gasteiger partial charge on any atom is 0.182 e. The number of aromatic nitrogens is 3. The van der Waals surface area contributed by atoms with E-state index < -0.39 is 10.8 Å². The van der Waals surface area contributed by atoms with E-state index in [2.05, 4.69) is 10.1 Å². The number of thiazole rings is 1. The van der Waals surface area contributed by atoms with Gasteiger partial charge in [-0.15, -0.1) is 11.3 Å². The zero-order valence-corrected chi connectivity index (χ0v) is 13.8. The lowest BCUT2D eigenvalue weighted by molar-refractivity contribution is 0.675. The molecule has 0 radical (unpaired) electrons. The number of nitrogen functional groups attached to an aromatic ring is 1. The molecule has 0 saturated heterocycles. The molecule has 0 fully saturated rings. The third kappa shape index (κ3) is 2.68. The lowest BCUT2D eigenvalue weighted by Crippen LogP contribution is -2.03. The van der Waals surface area contributed by atoms with Crippen molar-refractivity contribution in [1.82, 2.24) is 14.8 Å². The lowest BCUT2D eigenvalue weighted by atomic mass is 10.3. The fourth-order valence-electron chi connectivity index (χ4n) is 2.04. The molecule has 0 aliphatic heterocycles. The Bertz CT molecular complexity index is 855. The summed E-state index contributed by atoms with van der Waals surface area (Å²) in [6, 6.07) is 5.47. The van der Waals surface area contributed by atoms with Crippen LogP contribution in [0.25, 0.3) is 10.2 Å². The fraction of sp³-hybridized carbons (Fsp3) is 0.231. The molecule has 110 valence electrons. The Labute approximate surface area is 133 Å². The van der Waals surface area contributed by atoms with Crippen LogP contribution in [-0.2, 0) is 23.6 Å². The average molecular weight is 341 g/mol. The second-order valence-electron chi connectivity index (χ2n) is 4.67. The Morgan fingerprint density at radius 3 is 2.90 bits per heavy atom. The minimum absolute atomic E-state index is 0.297. The van der Waals surface area contributed by atoms with Crippen molar-refractivity contribution in [1.29, 1.82) is 0 Å². The van der Waals surface area contributed by atoms with E-state index in [4.69, 9.17) is 17.3 Å². The van der Waals surface area contributed by atoms with Gasteiger partial charge in [-0.3, -0.25) is 8.89 Å². The van der Waals surface area contributed by atoms with E-state index in [1.54, 1.807) is 17.8 Å². The highest BCUT2D eigenvalue weighted by Crippen LogP contribution is 2.28. The van der Waals surface area contributed by atoms with E-state index in [-0.39, 0.29) is 0 Å². The summed E-state index contributed by atoms with van der Waals surface area (Å²) in [6.07, 6.45) is 0. The van der Waals surface area contributed by atoms with Gasteiger partial charge in [0, 0.05) is 12.7 Å². The molecule has 8 heteroatoms. The lowest BCUT2D eigenvalue weighted by Gasteiger charge is -2.00. The summed E-state index contributed by atoms with van der Waals surface area (Å²) in [6.45, 7) is 1.83. The summed E-state index contributed by atoms with van der Waals surface area (Å²) in [5.41, 5.74) is 8.73. The molecule has 1 unspecified atom stereocenters. The second kappa shape index (κ2) is 5.40. The zero-order chi connectivity index (χ0) is 15.1. The van der Waals surface area contributed by atoms with Gasteiger partial charge in [-0.1, -0.05) is 11.6 Å². The quantitative estimate of drug-likeness (QED) is 0.744. The normalized spacial score (nSPS) is 12.9. The highest BCUT2D eigenvalue weighted by Gasteiger charge is 2.17. The van der Waals surface area contributed by atoms with Crippen molar-refractivity contribution in [2.45, 2.75) is 17.0 Å². The number of nitrogens with two attached hydrogens (primary N) is 1. The predicted octanol–water partition coefficient (Wildman–Crippen LogP) is 2.88. The van der Waals surface area contributed by atoms with Crippen LogP contribution in [0.1, 0.15) is 11.4 Å². The third-order valence-electron chi connectivity index (χ3n) is 3.12. The van der Waals surface area contributed by atoms with Crippen LogP contribution in [0.4, 0.5) is 5.69 Å². The Balaban J connectivity index is 1.93. The van der Waals surface area contributed by atoms with E-state index in [1.165, 1.54) is 11.3 Å². The van der Waals surface area contributed by atoms with Gasteiger partial charge in [0.25, 0.3) is 0 Å². The molecular formula is C13H13ClN4OS2. The molecule has 0 amide bonds. The number of hydrogen-bond acceptors (Lipinski definition) is 5. The van der Waals surface area contributed by atoms with Crippen LogP contribution >= 0.6 is 22.9 Å². The third-order valence-corrected chi connectivity index (χ3v) is 6.25. The monoisotopic (exact) mass is 340 g/mol. The molecule has 0 spiro atoms. The van der Waals surface area contributed by atoms with Gasteiger partial charge in [0.15, 0.2) is 4.34 Å². The Morgan fingerprint density at radius 2 is 2.24 bits per heavy atom. The highest BCUT2D eigenvalue weighted by atomic mass is 35.5. The standard InChI is InChI=1S/C13H13ClN4OS2/c1-7-12(14)10(18(2)17-7)6-21(19)13-16-9-4-3-8(15)5-11(9)20-13/h3-5H,6,15H2,1-2H3. The van der Waals surface area contributed by atoms with Crippen LogP contribution in [0.5, 0.6) is 0 Å². The topological polar surface area (TPSA) is 73.8 Å². The first-order chi connectivity index (χ1) is 9.95. The van der Waals surface area contributed by atoms with E-state index in [0.717, 1.165) is 21.6 Å². The minimum atomic E-state index is -1.26. The number of benzene rings is 1. The van der Waals surface area contributed by atoms with E-state index in [9.17, 15) is 4.21 Å². The number of hydrogen-bond donors (Lipinski definition) is 1. The van der Waals surface area contributed by atoms with Crippen LogP contribution < -0.4 is 5.73 Å². The van der Waals surface area contributed by atoms with Crippen LogP contribution in [-0.4, -0.2) is 19.0 Å².